The standard InChI is InChI=1S/C31H33N2O/c1-6-25-29-28(24-10-8-7-9-23(24)26-12-11-20(2)18-32(26)29)31(25)15-13-21(19-34)27-17-22(30(3,4)5)14-16-33(27)31/h6-12,14,16-19,25,28-29H,1,13,15H2,2-5H3/q+1/p+1. The van der Waals surface area contributed by atoms with Crippen LogP contribution >= 0.6 is 0 Å². The number of fused-ring (bicyclic) bond motifs is 9. The van der Waals surface area contributed by atoms with Crippen LogP contribution in [0.2, 0.25) is 0 Å². The first kappa shape index (κ1) is 21.3. The molecule has 3 heteroatoms. The van der Waals surface area contributed by atoms with Gasteiger partial charge in [0.2, 0.25) is 11.4 Å². The van der Waals surface area contributed by atoms with E-state index in [9.17, 15) is 5.11 Å². The molecule has 4 heterocycles. The van der Waals surface area contributed by atoms with Crippen molar-refractivity contribution in [1.82, 2.24) is 0 Å². The number of allylic oxidation sites excluding steroid dienone is 2. The molecule has 1 saturated carbocycles. The number of aliphatic hydroxyl groups is 1. The van der Waals surface area contributed by atoms with Gasteiger partial charge in [-0.2, -0.15) is 9.13 Å². The van der Waals surface area contributed by atoms with Gasteiger partial charge in [-0.25, -0.2) is 0 Å². The highest BCUT2D eigenvalue weighted by Gasteiger charge is 2.75. The lowest BCUT2D eigenvalue weighted by molar-refractivity contribution is -0.845. The van der Waals surface area contributed by atoms with Crippen LogP contribution in [0.3, 0.4) is 0 Å². The summed E-state index contributed by atoms with van der Waals surface area (Å²) in [4.78, 5) is 0. The van der Waals surface area contributed by atoms with Crippen LogP contribution in [0.4, 0.5) is 0 Å². The van der Waals surface area contributed by atoms with E-state index in [0.29, 0.717) is 17.9 Å². The summed E-state index contributed by atoms with van der Waals surface area (Å²) >= 11 is 0. The molecule has 172 valence electrons. The third-order valence-corrected chi connectivity index (χ3v) is 8.65. The van der Waals surface area contributed by atoms with Gasteiger partial charge in [-0.05, 0) is 42.0 Å². The van der Waals surface area contributed by atoms with Crippen molar-refractivity contribution >= 4 is 5.57 Å². The molecule has 2 aromatic heterocycles. The second-order valence-electron chi connectivity index (χ2n) is 11.4. The molecule has 0 amide bonds. The monoisotopic (exact) mass is 450 g/mol. The Morgan fingerprint density at radius 1 is 1.09 bits per heavy atom. The molecule has 3 aromatic rings. The zero-order valence-corrected chi connectivity index (χ0v) is 20.6. The van der Waals surface area contributed by atoms with Gasteiger partial charge in [0.25, 0.3) is 0 Å². The van der Waals surface area contributed by atoms with E-state index in [1.807, 2.05) is 0 Å². The molecule has 1 spiro atoms. The van der Waals surface area contributed by atoms with Crippen molar-refractivity contribution in [2.45, 2.75) is 63.5 Å². The van der Waals surface area contributed by atoms with E-state index in [-0.39, 0.29) is 11.0 Å². The summed E-state index contributed by atoms with van der Waals surface area (Å²) in [6.07, 6.45) is 9.97. The molecule has 2 aliphatic heterocycles. The van der Waals surface area contributed by atoms with Gasteiger partial charge >= 0.3 is 0 Å². The molecule has 1 aromatic carbocycles. The summed E-state index contributed by atoms with van der Waals surface area (Å²) in [6, 6.07) is 18.4. The van der Waals surface area contributed by atoms with Gasteiger partial charge in [0.15, 0.2) is 24.0 Å². The number of nitrogens with zero attached hydrogens (tertiary/aromatic N) is 2. The van der Waals surface area contributed by atoms with E-state index < -0.39 is 0 Å². The Balaban J connectivity index is 1.62. The van der Waals surface area contributed by atoms with E-state index in [0.717, 1.165) is 24.1 Å². The summed E-state index contributed by atoms with van der Waals surface area (Å²) < 4.78 is 5.00. The maximum Gasteiger partial charge on any atom is 0.213 e. The molecule has 4 atom stereocenters. The fourth-order valence-electron chi connectivity index (χ4n) is 7.05. The van der Waals surface area contributed by atoms with E-state index in [1.165, 1.54) is 34.2 Å². The third kappa shape index (κ3) is 2.64. The minimum absolute atomic E-state index is 0.0461. The van der Waals surface area contributed by atoms with E-state index >= 15 is 0 Å². The second-order valence-corrected chi connectivity index (χ2v) is 11.4. The first-order chi connectivity index (χ1) is 16.3. The summed E-state index contributed by atoms with van der Waals surface area (Å²) in [5.41, 5.74) is 8.75. The van der Waals surface area contributed by atoms with Crippen molar-refractivity contribution in [1.29, 1.82) is 0 Å². The number of hydrogen-bond acceptors (Lipinski definition) is 1. The van der Waals surface area contributed by atoms with Gasteiger partial charge in [-0.1, -0.05) is 45.0 Å². The Bertz CT molecular complexity index is 1360. The zero-order chi connectivity index (χ0) is 23.8. The zero-order valence-electron chi connectivity index (χ0n) is 20.6. The van der Waals surface area contributed by atoms with E-state index in [1.54, 1.807) is 0 Å². The normalized spacial score (nSPS) is 27.9. The Hall–Kier alpha value is -3.20. The topological polar surface area (TPSA) is 28.0 Å². The number of pyridine rings is 2. The molecule has 0 saturated heterocycles. The Labute approximate surface area is 202 Å². The average Bonchev–Trinajstić information content (AvgIpc) is 2.82. The highest BCUT2D eigenvalue weighted by atomic mass is 16.2. The van der Waals surface area contributed by atoms with Gasteiger partial charge in [0.1, 0.15) is 11.8 Å². The number of aryl methyl sites for hydroxylation is 1. The Kier molecular flexibility index (Phi) is 4.49. The van der Waals surface area contributed by atoms with Crippen molar-refractivity contribution < 1.29 is 14.2 Å². The fourth-order valence-corrected chi connectivity index (χ4v) is 7.05. The van der Waals surface area contributed by atoms with Crippen LogP contribution in [0.25, 0.3) is 16.8 Å². The van der Waals surface area contributed by atoms with Crippen LogP contribution in [-0.4, -0.2) is 5.11 Å². The SMILES string of the molecule is C=CC1C2C(c3ccccc3-c3ccc(C)c[n+]32)C12CC/C(=C/O)c1cc(C(C)(C)C)cc[n+]12. The smallest absolute Gasteiger partial charge is 0.213 e. The lowest BCUT2D eigenvalue weighted by Crippen LogP contribution is -2.79. The van der Waals surface area contributed by atoms with Crippen LogP contribution < -0.4 is 9.13 Å². The Morgan fingerprint density at radius 2 is 1.88 bits per heavy atom. The second kappa shape index (κ2) is 7.15. The van der Waals surface area contributed by atoms with Crippen molar-refractivity contribution in [3.8, 4) is 11.3 Å². The molecule has 3 nitrogen and oxygen atoms in total. The maximum atomic E-state index is 10.2. The minimum atomic E-state index is -0.102. The average molecular weight is 451 g/mol. The number of rotatable bonds is 1. The summed E-state index contributed by atoms with van der Waals surface area (Å²) in [5, 5.41) is 10.2. The highest BCUT2D eigenvalue weighted by molar-refractivity contribution is 5.66. The fraction of sp³-hybridized carbons (Fsp3) is 0.355. The molecular weight excluding hydrogens is 416 g/mol. The molecule has 4 unspecified atom stereocenters. The molecular formula is C31H34N2O+2. The summed E-state index contributed by atoms with van der Waals surface area (Å²) in [7, 11) is 0. The predicted molar refractivity (Wildman–Crippen MR) is 135 cm³/mol. The van der Waals surface area contributed by atoms with Crippen LogP contribution in [0, 0.1) is 12.8 Å². The van der Waals surface area contributed by atoms with Crippen molar-refractivity contribution in [2.24, 2.45) is 5.92 Å². The largest absolute Gasteiger partial charge is 0.515 e. The summed E-state index contributed by atoms with van der Waals surface area (Å²) in [6.45, 7) is 13.3. The van der Waals surface area contributed by atoms with Crippen LogP contribution in [0.1, 0.15) is 68.0 Å². The molecule has 6 rings (SSSR count). The van der Waals surface area contributed by atoms with Gasteiger partial charge in [0.05, 0.1) is 17.4 Å². The van der Waals surface area contributed by atoms with Crippen LogP contribution in [-0.2, 0) is 11.0 Å². The highest BCUT2D eigenvalue weighted by Crippen LogP contribution is 2.64. The quantitative estimate of drug-likeness (QED) is 0.272. The lowest BCUT2D eigenvalue weighted by atomic mass is 9.48. The van der Waals surface area contributed by atoms with Crippen LogP contribution in [0.5, 0.6) is 0 Å². The van der Waals surface area contributed by atoms with Gasteiger partial charge in [0, 0.05) is 30.2 Å². The van der Waals surface area contributed by atoms with Crippen molar-refractivity contribution in [2.75, 3.05) is 0 Å². The number of benzene rings is 1. The predicted octanol–water partition coefficient (Wildman–Crippen LogP) is 6.08. The van der Waals surface area contributed by atoms with E-state index in [2.05, 4.69) is 110 Å². The first-order valence-corrected chi connectivity index (χ1v) is 12.4. The van der Waals surface area contributed by atoms with Crippen LogP contribution in [0.15, 0.2) is 79.8 Å². The molecule has 34 heavy (non-hydrogen) atoms. The first-order valence-electron chi connectivity index (χ1n) is 12.4. The van der Waals surface area contributed by atoms with E-state index in [4.69, 9.17) is 0 Å². The number of aliphatic hydroxyl groups excluding tert-OH is 1. The molecule has 1 N–H and O–H groups in total. The molecule has 0 bridgehead atoms. The molecule has 0 radical (unpaired) electrons. The maximum absolute atomic E-state index is 10.2. The number of hydrogen-bond donors (Lipinski definition) is 1. The molecule has 3 aliphatic rings. The van der Waals surface area contributed by atoms with Gasteiger partial charge < -0.3 is 5.11 Å². The van der Waals surface area contributed by atoms with Gasteiger partial charge in [-0.15, -0.1) is 6.58 Å². The summed E-state index contributed by atoms with van der Waals surface area (Å²) in [5.74, 6) is 0.636. The van der Waals surface area contributed by atoms with Crippen molar-refractivity contribution in [3.63, 3.8) is 0 Å². The third-order valence-electron chi connectivity index (χ3n) is 8.65. The molecule has 1 fully saturated rings. The minimum Gasteiger partial charge on any atom is -0.515 e. The van der Waals surface area contributed by atoms with Gasteiger partial charge in [-0.3, -0.25) is 0 Å². The molecule has 1 aliphatic carbocycles. The number of aromatic nitrogens is 2. The van der Waals surface area contributed by atoms with Crippen molar-refractivity contribution in [3.05, 3.63) is 102 Å². The lowest BCUT2D eigenvalue weighted by Gasteiger charge is -2.56. The Morgan fingerprint density at radius 3 is 2.62 bits per heavy atom.